The van der Waals surface area contributed by atoms with Crippen LogP contribution in [0.5, 0.6) is 0 Å². The summed E-state index contributed by atoms with van der Waals surface area (Å²) in [4.78, 5) is 30.1. The van der Waals surface area contributed by atoms with E-state index in [-0.39, 0.29) is 17.4 Å². The second kappa shape index (κ2) is 10.4. The summed E-state index contributed by atoms with van der Waals surface area (Å²) in [5.74, 6) is -0.860. The van der Waals surface area contributed by atoms with Crippen LogP contribution in [0.25, 0.3) is 10.9 Å². The first-order chi connectivity index (χ1) is 16.4. The van der Waals surface area contributed by atoms with Gasteiger partial charge in [0.1, 0.15) is 6.04 Å². The van der Waals surface area contributed by atoms with E-state index in [2.05, 4.69) is 53.6 Å². The zero-order chi connectivity index (χ0) is 24.1. The van der Waals surface area contributed by atoms with Crippen molar-refractivity contribution in [1.82, 2.24) is 15.2 Å². The Hall–Kier alpha value is -3.12. The fourth-order valence-electron chi connectivity index (χ4n) is 5.51. The van der Waals surface area contributed by atoms with Gasteiger partial charge in [-0.2, -0.15) is 0 Å². The monoisotopic (exact) mass is 461 g/mol. The van der Waals surface area contributed by atoms with E-state index in [0.717, 1.165) is 42.1 Å². The minimum Gasteiger partial charge on any atom is -0.480 e. The van der Waals surface area contributed by atoms with Gasteiger partial charge < -0.3 is 15.4 Å². The molecule has 3 aromatic rings. The number of benzene rings is 2. The number of carboxylic acid groups (broad SMARTS) is 1. The Bertz CT molecular complexity index is 1110. The van der Waals surface area contributed by atoms with E-state index in [9.17, 15) is 14.7 Å². The minimum absolute atomic E-state index is 0.00281. The molecule has 2 aromatic carbocycles. The molecule has 0 aliphatic heterocycles. The summed E-state index contributed by atoms with van der Waals surface area (Å²) in [5, 5.41) is 13.6. The largest absolute Gasteiger partial charge is 0.480 e. The summed E-state index contributed by atoms with van der Waals surface area (Å²) in [6.07, 6.45) is 7.15. The maximum atomic E-state index is 12.8. The van der Waals surface area contributed by atoms with Crippen molar-refractivity contribution in [3.8, 4) is 0 Å². The van der Waals surface area contributed by atoms with Crippen molar-refractivity contribution in [3.05, 3.63) is 71.9 Å². The number of fused-ring (bicyclic) bond motifs is 1. The lowest BCUT2D eigenvalue weighted by Crippen LogP contribution is -2.45. The van der Waals surface area contributed by atoms with Gasteiger partial charge in [-0.05, 0) is 75.7 Å². The molecule has 4 rings (SSSR count). The molecule has 0 saturated heterocycles. The van der Waals surface area contributed by atoms with E-state index in [1.54, 1.807) is 0 Å². The third-order valence-electron chi connectivity index (χ3n) is 7.58. The third-order valence-corrected chi connectivity index (χ3v) is 7.58. The van der Waals surface area contributed by atoms with Crippen LogP contribution in [0.2, 0.25) is 0 Å². The third kappa shape index (κ3) is 5.17. The molecule has 1 aromatic heterocycles. The van der Waals surface area contributed by atoms with Gasteiger partial charge in [-0.1, -0.05) is 48.5 Å². The Morgan fingerprint density at radius 1 is 1.09 bits per heavy atom. The number of aromatic amines is 1. The lowest BCUT2D eigenvalue weighted by molar-refractivity contribution is -0.142. The van der Waals surface area contributed by atoms with Crippen molar-refractivity contribution in [2.45, 2.75) is 56.5 Å². The molecule has 1 atom stereocenters. The van der Waals surface area contributed by atoms with E-state index in [1.165, 1.54) is 5.56 Å². The Morgan fingerprint density at radius 2 is 1.76 bits per heavy atom. The van der Waals surface area contributed by atoms with Crippen LogP contribution in [0, 0.1) is 5.92 Å². The number of rotatable bonds is 9. The molecule has 1 saturated carbocycles. The molecule has 1 unspecified atom stereocenters. The Labute approximate surface area is 201 Å². The van der Waals surface area contributed by atoms with Crippen molar-refractivity contribution >= 4 is 22.8 Å². The normalized spacial score (nSPS) is 21.4. The molecule has 34 heavy (non-hydrogen) atoms. The summed E-state index contributed by atoms with van der Waals surface area (Å²) in [7, 11) is 4.26. The Balaban J connectivity index is 1.32. The molecule has 1 heterocycles. The highest BCUT2D eigenvalue weighted by atomic mass is 16.4. The molecule has 1 fully saturated rings. The Kier molecular flexibility index (Phi) is 7.37. The number of aromatic nitrogens is 1. The standard InChI is InChI=1S/C28H35N3O3/c1-31(2)28(22-8-4-3-5-9-22)16-14-20(15-17-28)18-26(32)30-25(27(33)34)13-12-21-19-29-24-11-7-6-10-23(21)24/h3-11,19-20,25,29H,12-18H2,1-2H3,(H,30,32)(H,33,34). The van der Waals surface area contributed by atoms with Gasteiger partial charge in [-0.15, -0.1) is 0 Å². The molecular weight excluding hydrogens is 426 g/mol. The van der Waals surface area contributed by atoms with Crippen LogP contribution in [-0.2, 0) is 21.5 Å². The fraction of sp³-hybridized carbons (Fsp3) is 0.429. The summed E-state index contributed by atoms with van der Waals surface area (Å²) < 4.78 is 0. The van der Waals surface area contributed by atoms with Gasteiger partial charge in [-0.3, -0.25) is 9.69 Å². The summed E-state index contributed by atoms with van der Waals surface area (Å²) >= 11 is 0. The summed E-state index contributed by atoms with van der Waals surface area (Å²) in [6, 6.07) is 17.7. The molecule has 6 nitrogen and oxygen atoms in total. The van der Waals surface area contributed by atoms with Gasteiger partial charge in [0.25, 0.3) is 0 Å². The highest BCUT2D eigenvalue weighted by molar-refractivity contribution is 5.84. The highest BCUT2D eigenvalue weighted by Crippen LogP contribution is 2.43. The number of para-hydroxylation sites is 1. The van der Waals surface area contributed by atoms with E-state index in [0.29, 0.717) is 19.3 Å². The van der Waals surface area contributed by atoms with Gasteiger partial charge in [0.05, 0.1) is 0 Å². The predicted molar refractivity (Wildman–Crippen MR) is 135 cm³/mol. The fourth-order valence-corrected chi connectivity index (χ4v) is 5.51. The average molecular weight is 462 g/mol. The van der Waals surface area contributed by atoms with Gasteiger partial charge >= 0.3 is 5.97 Å². The van der Waals surface area contributed by atoms with Crippen molar-refractivity contribution in [3.63, 3.8) is 0 Å². The van der Waals surface area contributed by atoms with Crippen LogP contribution in [0.4, 0.5) is 0 Å². The molecule has 0 bridgehead atoms. The highest BCUT2D eigenvalue weighted by Gasteiger charge is 2.39. The van der Waals surface area contributed by atoms with Gasteiger partial charge in [0, 0.05) is 29.1 Å². The predicted octanol–water partition coefficient (Wildman–Crippen LogP) is 4.71. The first-order valence-electron chi connectivity index (χ1n) is 12.2. The number of hydrogen-bond acceptors (Lipinski definition) is 3. The number of H-pyrrole nitrogens is 1. The average Bonchev–Trinajstić information content (AvgIpc) is 3.25. The van der Waals surface area contributed by atoms with Gasteiger partial charge in [0.15, 0.2) is 0 Å². The first kappa shape index (κ1) is 24.0. The second-order valence-corrected chi connectivity index (χ2v) is 9.80. The maximum absolute atomic E-state index is 12.8. The van der Waals surface area contributed by atoms with E-state index < -0.39 is 12.0 Å². The minimum atomic E-state index is -0.979. The van der Waals surface area contributed by atoms with Gasteiger partial charge in [-0.25, -0.2) is 4.79 Å². The smallest absolute Gasteiger partial charge is 0.326 e. The van der Waals surface area contributed by atoms with Crippen molar-refractivity contribution in [2.75, 3.05) is 14.1 Å². The molecule has 1 amide bonds. The molecule has 6 heteroatoms. The van der Waals surface area contributed by atoms with E-state index in [1.807, 2.05) is 36.5 Å². The maximum Gasteiger partial charge on any atom is 0.326 e. The molecule has 1 aliphatic carbocycles. The molecular formula is C28H35N3O3. The van der Waals surface area contributed by atoms with Crippen molar-refractivity contribution < 1.29 is 14.7 Å². The topological polar surface area (TPSA) is 85.4 Å². The number of carboxylic acids is 1. The first-order valence-corrected chi connectivity index (χ1v) is 12.2. The molecule has 3 N–H and O–H groups in total. The second-order valence-electron chi connectivity index (χ2n) is 9.80. The zero-order valence-corrected chi connectivity index (χ0v) is 20.1. The number of hydrogen-bond donors (Lipinski definition) is 3. The van der Waals surface area contributed by atoms with Gasteiger partial charge in [0.2, 0.25) is 5.91 Å². The lowest BCUT2D eigenvalue weighted by atomic mass is 9.71. The number of carbonyl (C=O) groups is 2. The van der Waals surface area contributed by atoms with Crippen LogP contribution in [0.15, 0.2) is 60.8 Å². The molecule has 0 radical (unpaired) electrons. The lowest BCUT2D eigenvalue weighted by Gasteiger charge is -2.45. The zero-order valence-electron chi connectivity index (χ0n) is 20.1. The van der Waals surface area contributed by atoms with Crippen LogP contribution >= 0.6 is 0 Å². The van der Waals surface area contributed by atoms with E-state index >= 15 is 0 Å². The summed E-state index contributed by atoms with van der Waals surface area (Å²) in [5.41, 5.74) is 3.43. The van der Waals surface area contributed by atoms with Crippen molar-refractivity contribution in [2.24, 2.45) is 5.92 Å². The number of nitrogens with zero attached hydrogens (tertiary/aromatic N) is 1. The number of amides is 1. The SMILES string of the molecule is CN(C)C1(c2ccccc2)CCC(CC(=O)NC(CCc2c[nH]c3ccccc23)C(=O)O)CC1. The number of carbonyl (C=O) groups excluding carboxylic acids is 1. The van der Waals surface area contributed by atoms with Crippen molar-refractivity contribution in [1.29, 1.82) is 0 Å². The van der Waals surface area contributed by atoms with Crippen LogP contribution < -0.4 is 5.32 Å². The number of aliphatic carboxylic acids is 1. The molecule has 1 aliphatic rings. The Morgan fingerprint density at radius 3 is 2.44 bits per heavy atom. The quantitative estimate of drug-likeness (QED) is 0.431. The molecule has 0 spiro atoms. The molecule has 180 valence electrons. The number of nitrogens with one attached hydrogen (secondary N) is 2. The number of aryl methyl sites for hydroxylation is 1. The summed E-state index contributed by atoms with van der Waals surface area (Å²) in [6.45, 7) is 0. The van der Waals surface area contributed by atoms with E-state index in [4.69, 9.17) is 0 Å². The van der Waals surface area contributed by atoms with Crippen LogP contribution in [0.1, 0.15) is 49.7 Å². The van der Waals surface area contributed by atoms with Crippen LogP contribution in [-0.4, -0.2) is 47.0 Å². The van der Waals surface area contributed by atoms with Crippen LogP contribution in [0.3, 0.4) is 0 Å².